The van der Waals surface area contributed by atoms with Gasteiger partial charge in [0.05, 0.1) is 0 Å². The maximum Gasteiger partial charge on any atom is 0.276 e. The number of rotatable bonds is 3. The van der Waals surface area contributed by atoms with Crippen LogP contribution in [0.15, 0.2) is 36.5 Å². The van der Waals surface area contributed by atoms with Gasteiger partial charge in [0.15, 0.2) is 0 Å². The van der Waals surface area contributed by atoms with Gasteiger partial charge in [-0.05, 0) is 37.3 Å². The standard InChI is InChI=1S/C12H14N4O/c1-2-16(10-5-3-9(13)4-6-10)12(17)11-7-8-14-15-11/h3-8H,2,13H2,1H3,(H,14,15). The molecule has 0 aliphatic carbocycles. The molecule has 17 heavy (non-hydrogen) atoms. The molecule has 0 radical (unpaired) electrons. The number of hydrogen-bond donors (Lipinski definition) is 2. The maximum absolute atomic E-state index is 12.1. The molecule has 0 aliphatic rings. The van der Waals surface area contributed by atoms with Crippen molar-refractivity contribution in [1.29, 1.82) is 0 Å². The van der Waals surface area contributed by atoms with E-state index in [2.05, 4.69) is 10.2 Å². The summed E-state index contributed by atoms with van der Waals surface area (Å²) in [5, 5.41) is 6.44. The van der Waals surface area contributed by atoms with Crippen LogP contribution in [0.2, 0.25) is 0 Å². The minimum absolute atomic E-state index is 0.102. The highest BCUT2D eigenvalue weighted by Gasteiger charge is 2.16. The van der Waals surface area contributed by atoms with Crippen LogP contribution in [0, 0.1) is 0 Å². The van der Waals surface area contributed by atoms with Gasteiger partial charge in [-0.15, -0.1) is 0 Å². The Bertz CT molecular complexity index is 490. The number of hydrogen-bond acceptors (Lipinski definition) is 3. The number of aromatic nitrogens is 2. The molecule has 0 atom stereocenters. The summed E-state index contributed by atoms with van der Waals surface area (Å²) >= 11 is 0. The van der Waals surface area contributed by atoms with Crippen LogP contribution in [0.1, 0.15) is 17.4 Å². The summed E-state index contributed by atoms with van der Waals surface area (Å²) in [5.41, 5.74) is 7.60. The summed E-state index contributed by atoms with van der Waals surface area (Å²) in [6, 6.07) is 8.86. The Morgan fingerprint density at radius 1 is 1.35 bits per heavy atom. The van der Waals surface area contributed by atoms with Crippen LogP contribution in [0.25, 0.3) is 0 Å². The second-order valence-corrected chi connectivity index (χ2v) is 3.61. The topological polar surface area (TPSA) is 75.0 Å². The van der Waals surface area contributed by atoms with Gasteiger partial charge in [0.1, 0.15) is 5.69 Å². The number of benzene rings is 1. The third-order valence-electron chi connectivity index (χ3n) is 2.50. The van der Waals surface area contributed by atoms with Crippen molar-refractivity contribution < 1.29 is 4.79 Å². The molecule has 0 bridgehead atoms. The molecule has 0 saturated heterocycles. The summed E-state index contributed by atoms with van der Waals surface area (Å²) in [5.74, 6) is -0.102. The molecule has 5 heteroatoms. The molecule has 0 fully saturated rings. The van der Waals surface area contributed by atoms with Crippen molar-refractivity contribution in [3.8, 4) is 0 Å². The first-order valence-corrected chi connectivity index (χ1v) is 5.39. The van der Waals surface area contributed by atoms with Crippen molar-refractivity contribution in [2.75, 3.05) is 17.2 Å². The monoisotopic (exact) mass is 230 g/mol. The molecule has 1 aromatic heterocycles. The number of amides is 1. The first kappa shape index (κ1) is 11.2. The average molecular weight is 230 g/mol. The van der Waals surface area contributed by atoms with Gasteiger partial charge in [0.2, 0.25) is 0 Å². The SMILES string of the molecule is CCN(C(=O)c1ccn[nH]1)c1ccc(N)cc1. The number of carbonyl (C=O) groups is 1. The normalized spacial score (nSPS) is 10.2. The zero-order valence-corrected chi connectivity index (χ0v) is 9.55. The molecule has 1 amide bonds. The second-order valence-electron chi connectivity index (χ2n) is 3.61. The molecule has 1 aromatic carbocycles. The molecular weight excluding hydrogens is 216 g/mol. The lowest BCUT2D eigenvalue weighted by atomic mass is 10.2. The Morgan fingerprint density at radius 2 is 2.06 bits per heavy atom. The van der Waals surface area contributed by atoms with Gasteiger partial charge >= 0.3 is 0 Å². The predicted molar refractivity (Wildman–Crippen MR) is 66.8 cm³/mol. The molecule has 3 N–H and O–H groups in total. The summed E-state index contributed by atoms with van der Waals surface area (Å²) in [7, 11) is 0. The number of H-pyrrole nitrogens is 1. The highest BCUT2D eigenvalue weighted by atomic mass is 16.2. The second kappa shape index (κ2) is 4.69. The minimum Gasteiger partial charge on any atom is -0.399 e. The number of anilines is 2. The third kappa shape index (κ3) is 2.28. The highest BCUT2D eigenvalue weighted by molar-refractivity contribution is 6.04. The van der Waals surface area contributed by atoms with E-state index in [0.717, 1.165) is 5.69 Å². The fourth-order valence-corrected chi connectivity index (χ4v) is 1.62. The number of nitrogens with zero attached hydrogens (tertiary/aromatic N) is 2. The average Bonchev–Trinajstić information content (AvgIpc) is 2.86. The van der Waals surface area contributed by atoms with E-state index in [9.17, 15) is 4.79 Å². The summed E-state index contributed by atoms with van der Waals surface area (Å²) in [6.45, 7) is 2.51. The fourth-order valence-electron chi connectivity index (χ4n) is 1.62. The molecule has 2 aromatic rings. The van der Waals surface area contributed by atoms with Gasteiger partial charge in [0.25, 0.3) is 5.91 Å². The predicted octanol–water partition coefficient (Wildman–Crippen LogP) is 1.66. The molecule has 2 rings (SSSR count). The van der Waals surface area contributed by atoms with E-state index in [4.69, 9.17) is 5.73 Å². The van der Waals surface area contributed by atoms with Gasteiger partial charge in [0, 0.05) is 24.1 Å². The number of nitrogens with one attached hydrogen (secondary N) is 1. The Morgan fingerprint density at radius 3 is 2.59 bits per heavy atom. The molecule has 0 saturated carbocycles. The minimum atomic E-state index is -0.102. The van der Waals surface area contributed by atoms with Crippen molar-refractivity contribution in [1.82, 2.24) is 10.2 Å². The van der Waals surface area contributed by atoms with E-state index >= 15 is 0 Å². The zero-order chi connectivity index (χ0) is 12.3. The van der Waals surface area contributed by atoms with Gasteiger partial charge in [-0.1, -0.05) is 0 Å². The molecule has 0 spiro atoms. The maximum atomic E-state index is 12.1. The Balaban J connectivity index is 2.28. The lowest BCUT2D eigenvalue weighted by Gasteiger charge is -2.20. The van der Waals surface area contributed by atoms with E-state index in [-0.39, 0.29) is 5.91 Å². The highest BCUT2D eigenvalue weighted by Crippen LogP contribution is 2.17. The summed E-state index contributed by atoms with van der Waals surface area (Å²) in [4.78, 5) is 13.8. The summed E-state index contributed by atoms with van der Waals surface area (Å²) in [6.07, 6.45) is 1.56. The number of aromatic amines is 1. The molecule has 88 valence electrons. The van der Waals surface area contributed by atoms with Crippen molar-refractivity contribution in [3.63, 3.8) is 0 Å². The van der Waals surface area contributed by atoms with Crippen molar-refractivity contribution in [2.45, 2.75) is 6.92 Å². The van der Waals surface area contributed by atoms with Crippen LogP contribution < -0.4 is 10.6 Å². The lowest BCUT2D eigenvalue weighted by molar-refractivity contribution is 0.0983. The van der Waals surface area contributed by atoms with Crippen LogP contribution in [0.4, 0.5) is 11.4 Å². The number of nitrogens with two attached hydrogens (primary N) is 1. The van der Waals surface area contributed by atoms with Crippen LogP contribution in [-0.2, 0) is 0 Å². The number of carbonyl (C=O) groups excluding carboxylic acids is 1. The van der Waals surface area contributed by atoms with Crippen LogP contribution in [0.3, 0.4) is 0 Å². The Kier molecular flexibility index (Phi) is 3.09. The lowest BCUT2D eigenvalue weighted by Crippen LogP contribution is -2.30. The van der Waals surface area contributed by atoms with E-state index in [0.29, 0.717) is 17.9 Å². The third-order valence-corrected chi connectivity index (χ3v) is 2.50. The molecular formula is C12H14N4O. The van der Waals surface area contributed by atoms with Crippen LogP contribution >= 0.6 is 0 Å². The quantitative estimate of drug-likeness (QED) is 0.787. The van der Waals surface area contributed by atoms with Gasteiger partial charge in [-0.2, -0.15) is 5.10 Å². The summed E-state index contributed by atoms with van der Waals surface area (Å²) < 4.78 is 0. The molecule has 0 aliphatic heterocycles. The fraction of sp³-hybridized carbons (Fsp3) is 0.167. The molecule has 5 nitrogen and oxygen atoms in total. The van der Waals surface area contributed by atoms with E-state index in [1.807, 2.05) is 19.1 Å². The van der Waals surface area contributed by atoms with Crippen molar-refractivity contribution in [2.24, 2.45) is 0 Å². The van der Waals surface area contributed by atoms with E-state index < -0.39 is 0 Å². The van der Waals surface area contributed by atoms with Crippen molar-refractivity contribution >= 4 is 17.3 Å². The van der Waals surface area contributed by atoms with E-state index in [1.165, 1.54) is 0 Å². The van der Waals surface area contributed by atoms with Crippen LogP contribution in [0.5, 0.6) is 0 Å². The number of nitrogen functional groups attached to an aromatic ring is 1. The first-order valence-electron chi connectivity index (χ1n) is 5.39. The first-order chi connectivity index (χ1) is 8.22. The van der Waals surface area contributed by atoms with E-state index in [1.54, 1.807) is 29.3 Å². The zero-order valence-electron chi connectivity index (χ0n) is 9.55. The smallest absolute Gasteiger partial charge is 0.276 e. The Hall–Kier alpha value is -2.30. The van der Waals surface area contributed by atoms with Gasteiger partial charge in [-0.25, -0.2) is 0 Å². The van der Waals surface area contributed by atoms with Gasteiger partial charge < -0.3 is 10.6 Å². The molecule has 1 heterocycles. The largest absolute Gasteiger partial charge is 0.399 e. The van der Waals surface area contributed by atoms with Crippen LogP contribution in [-0.4, -0.2) is 22.6 Å². The Labute approximate surface area is 99.2 Å². The van der Waals surface area contributed by atoms with Crippen molar-refractivity contribution in [3.05, 3.63) is 42.2 Å². The molecule has 0 unspecified atom stereocenters. The van der Waals surface area contributed by atoms with Gasteiger partial charge in [-0.3, -0.25) is 9.89 Å².